The molecule has 1 saturated heterocycles. The van der Waals surface area contributed by atoms with Crippen LogP contribution in [0.1, 0.15) is 72.2 Å². The van der Waals surface area contributed by atoms with Gasteiger partial charge in [0.15, 0.2) is 5.82 Å². The molecule has 10 heteroatoms. The first-order valence-electron chi connectivity index (χ1n) is 13.9. The van der Waals surface area contributed by atoms with E-state index in [1.54, 1.807) is 26.2 Å². The first-order chi connectivity index (χ1) is 19.4. The summed E-state index contributed by atoms with van der Waals surface area (Å²) in [6.07, 6.45) is 13.0. The molecule has 0 aliphatic carbocycles. The number of hydrogen-bond acceptors (Lipinski definition) is 6. The van der Waals surface area contributed by atoms with Gasteiger partial charge in [-0.3, -0.25) is 4.79 Å². The molecule has 4 heterocycles. The molecule has 0 unspecified atom stereocenters. The van der Waals surface area contributed by atoms with Gasteiger partial charge in [-0.1, -0.05) is 25.8 Å². The molecule has 0 saturated carbocycles. The van der Waals surface area contributed by atoms with Crippen LogP contribution < -0.4 is 4.90 Å². The number of piperidine rings is 1. The number of benzene rings is 1. The maximum absolute atomic E-state index is 15.3. The van der Waals surface area contributed by atoms with Crippen molar-refractivity contribution in [2.45, 2.75) is 57.9 Å². The minimum absolute atomic E-state index is 0.0624. The van der Waals surface area contributed by atoms with E-state index in [0.29, 0.717) is 22.3 Å². The van der Waals surface area contributed by atoms with Gasteiger partial charge in [-0.15, -0.1) is 0 Å². The molecule has 8 nitrogen and oxygen atoms in total. The number of amides is 1. The molecule has 40 heavy (non-hydrogen) atoms. The van der Waals surface area contributed by atoms with Crippen molar-refractivity contribution in [2.24, 2.45) is 0 Å². The van der Waals surface area contributed by atoms with E-state index in [9.17, 15) is 9.18 Å². The summed E-state index contributed by atoms with van der Waals surface area (Å²) in [4.78, 5) is 33.6. The summed E-state index contributed by atoms with van der Waals surface area (Å²) in [7, 11) is 3.23. The van der Waals surface area contributed by atoms with Crippen molar-refractivity contribution >= 4 is 22.9 Å². The van der Waals surface area contributed by atoms with Crippen LogP contribution >= 0.6 is 0 Å². The smallest absolute Gasteiger partial charge is 0.253 e. The first-order valence-corrected chi connectivity index (χ1v) is 13.9. The van der Waals surface area contributed by atoms with Gasteiger partial charge in [0.2, 0.25) is 5.95 Å². The normalized spacial score (nSPS) is 14.2. The average molecular weight is 548 g/mol. The Labute approximate surface area is 233 Å². The van der Waals surface area contributed by atoms with E-state index in [-0.39, 0.29) is 23.9 Å². The number of nitrogens with zero attached hydrogens (tertiary/aromatic N) is 7. The third-order valence-electron chi connectivity index (χ3n) is 7.61. The highest BCUT2D eigenvalue weighted by molar-refractivity contribution is 5.94. The maximum atomic E-state index is 15.3. The lowest BCUT2D eigenvalue weighted by Crippen LogP contribution is -2.35. The molecule has 210 valence electrons. The monoisotopic (exact) mass is 547 g/mol. The molecule has 3 aromatic heterocycles. The predicted molar refractivity (Wildman–Crippen MR) is 150 cm³/mol. The Kier molecular flexibility index (Phi) is 8.32. The summed E-state index contributed by atoms with van der Waals surface area (Å²) >= 11 is 0. The maximum Gasteiger partial charge on any atom is 0.253 e. The highest BCUT2D eigenvalue weighted by Gasteiger charge is 2.26. The number of aromatic nitrogens is 5. The Morgan fingerprint density at radius 1 is 1.02 bits per heavy atom. The third kappa shape index (κ3) is 5.80. The summed E-state index contributed by atoms with van der Waals surface area (Å²) < 4.78 is 32.1. The second-order valence-corrected chi connectivity index (χ2v) is 10.7. The van der Waals surface area contributed by atoms with Gasteiger partial charge in [0, 0.05) is 63.8 Å². The highest BCUT2D eigenvalue weighted by Crippen LogP contribution is 2.31. The zero-order valence-corrected chi connectivity index (χ0v) is 23.3. The van der Waals surface area contributed by atoms with Gasteiger partial charge < -0.3 is 14.4 Å². The average Bonchev–Trinajstić information content (AvgIpc) is 3.31. The molecule has 1 aliphatic heterocycles. The molecule has 0 spiro atoms. The first kappa shape index (κ1) is 27.6. The lowest BCUT2D eigenvalue weighted by molar-refractivity contribution is 0.0827. The Morgan fingerprint density at radius 3 is 2.45 bits per heavy atom. The fourth-order valence-corrected chi connectivity index (χ4v) is 5.34. The van der Waals surface area contributed by atoms with Crippen molar-refractivity contribution in [2.75, 3.05) is 32.1 Å². The fourth-order valence-electron chi connectivity index (χ4n) is 5.34. The van der Waals surface area contributed by atoms with Gasteiger partial charge in [-0.05, 0) is 48.9 Å². The molecule has 1 aliphatic rings. The van der Waals surface area contributed by atoms with Crippen molar-refractivity contribution in [1.29, 1.82) is 0 Å². The number of anilines is 1. The van der Waals surface area contributed by atoms with Crippen LogP contribution in [-0.2, 0) is 12.8 Å². The molecule has 4 aromatic rings. The Hall–Kier alpha value is -3.95. The van der Waals surface area contributed by atoms with Gasteiger partial charge in [-0.2, -0.15) is 0 Å². The number of unbranched alkanes of at least 4 members (excludes halogenated alkanes) is 2. The Bertz CT molecular complexity index is 1480. The van der Waals surface area contributed by atoms with Crippen molar-refractivity contribution in [3.05, 3.63) is 77.1 Å². The molecule has 1 aromatic carbocycles. The van der Waals surface area contributed by atoms with Gasteiger partial charge in [0.05, 0.1) is 11.1 Å². The third-order valence-corrected chi connectivity index (χ3v) is 7.61. The molecule has 0 bridgehead atoms. The second kappa shape index (κ2) is 12.1. The van der Waals surface area contributed by atoms with Crippen molar-refractivity contribution in [3.63, 3.8) is 0 Å². The lowest BCUT2D eigenvalue weighted by atomic mass is 10.0. The van der Waals surface area contributed by atoms with Gasteiger partial charge in [-0.25, -0.2) is 28.7 Å². The van der Waals surface area contributed by atoms with Crippen LogP contribution in [0.25, 0.3) is 11.0 Å². The number of rotatable bonds is 9. The lowest BCUT2D eigenvalue weighted by Gasteiger charge is -2.32. The largest absolute Gasteiger partial charge is 0.345 e. The van der Waals surface area contributed by atoms with Crippen LogP contribution in [0.4, 0.5) is 14.7 Å². The van der Waals surface area contributed by atoms with E-state index < -0.39 is 11.6 Å². The molecule has 0 radical (unpaired) electrons. The summed E-state index contributed by atoms with van der Waals surface area (Å²) in [5.74, 6) is -0.501. The number of hydrogen-bond donors (Lipinski definition) is 0. The van der Waals surface area contributed by atoms with E-state index in [1.165, 1.54) is 36.3 Å². The molecule has 1 amide bonds. The van der Waals surface area contributed by atoms with Crippen LogP contribution in [0.2, 0.25) is 0 Å². The molecule has 0 N–H and O–H groups in total. The molecule has 1 fully saturated rings. The number of halogens is 2. The van der Waals surface area contributed by atoms with E-state index in [2.05, 4.69) is 31.8 Å². The molecule has 5 rings (SSSR count). The molecular formula is C30H35F2N7O. The van der Waals surface area contributed by atoms with E-state index >= 15 is 4.39 Å². The minimum Gasteiger partial charge on any atom is -0.345 e. The molecular weight excluding hydrogens is 512 g/mol. The zero-order chi connectivity index (χ0) is 28.2. The fraction of sp³-hybridized carbons (Fsp3) is 0.433. The van der Waals surface area contributed by atoms with E-state index in [4.69, 9.17) is 0 Å². The summed E-state index contributed by atoms with van der Waals surface area (Å²) in [5.41, 5.74) is 2.68. The van der Waals surface area contributed by atoms with Crippen LogP contribution in [0, 0.1) is 11.6 Å². The zero-order valence-electron chi connectivity index (χ0n) is 23.3. The Morgan fingerprint density at radius 2 is 1.77 bits per heavy atom. The van der Waals surface area contributed by atoms with Crippen molar-refractivity contribution < 1.29 is 13.6 Å². The number of carbonyl (C=O) groups is 1. The van der Waals surface area contributed by atoms with Gasteiger partial charge >= 0.3 is 0 Å². The van der Waals surface area contributed by atoms with Crippen LogP contribution in [-0.4, -0.2) is 62.5 Å². The van der Waals surface area contributed by atoms with Gasteiger partial charge in [0.25, 0.3) is 5.91 Å². The predicted octanol–water partition coefficient (Wildman–Crippen LogP) is 5.37. The van der Waals surface area contributed by atoms with E-state index in [1.807, 2.05) is 17.0 Å². The number of aryl methyl sites for hydroxylation is 1. The van der Waals surface area contributed by atoms with Crippen molar-refractivity contribution in [3.8, 4) is 0 Å². The van der Waals surface area contributed by atoms with Crippen LogP contribution in [0.3, 0.4) is 0 Å². The number of fused-ring (bicyclic) bond motifs is 1. The standard InChI is InChI=1S/C30H35F2N7O/c1-4-5-6-7-20-16-33-30(34-17-20)38-12-10-23(11-13-38)39-18-25(32)27-26(35-19-36-28(27)39)15-21-8-9-22(14-24(21)31)29(40)37(2)3/h8-9,14,16-19,23H,4-7,10-13,15H2,1-3H3. The van der Waals surface area contributed by atoms with Gasteiger partial charge in [0.1, 0.15) is 17.8 Å². The van der Waals surface area contributed by atoms with Crippen LogP contribution in [0.15, 0.2) is 43.1 Å². The Balaban J connectivity index is 1.29. The highest BCUT2D eigenvalue weighted by atomic mass is 19.1. The minimum atomic E-state index is -0.525. The summed E-state index contributed by atoms with van der Waals surface area (Å²) in [6, 6.07) is 4.42. The number of carbonyl (C=O) groups excluding carboxylic acids is 1. The second-order valence-electron chi connectivity index (χ2n) is 10.7. The summed E-state index contributed by atoms with van der Waals surface area (Å²) in [5, 5.41) is 0.305. The topological polar surface area (TPSA) is 80.0 Å². The molecule has 0 atom stereocenters. The van der Waals surface area contributed by atoms with Crippen molar-refractivity contribution in [1.82, 2.24) is 29.4 Å². The summed E-state index contributed by atoms with van der Waals surface area (Å²) in [6.45, 7) is 3.70. The SMILES string of the molecule is CCCCCc1cnc(N2CCC(n3cc(F)c4c(Cc5ccc(C(=O)N(C)C)cc5F)ncnc43)CC2)nc1. The van der Waals surface area contributed by atoms with E-state index in [0.717, 1.165) is 50.3 Å². The quantitative estimate of drug-likeness (QED) is 0.262. The van der Waals surface area contributed by atoms with Crippen LogP contribution in [0.5, 0.6) is 0 Å².